The van der Waals surface area contributed by atoms with Crippen molar-refractivity contribution < 1.29 is 25.8 Å². The molecule has 1 N–H and O–H groups in total. The predicted octanol–water partition coefficient (Wildman–Crippen LogP) is 3.74. The highest BCUT2D eigenvalue weighted by Gasteiger charge is 2.22. The second-order valence-corrected chi connectivity index (χ2v) is 10.2. The van der Waals surface area contributed by atoms with Crippen LogP contribution in [0.1, 0.15) is 11.1 Å². The van der Waals surface area contributed by atoms with Gasteiger partial charge in [-0.3, -0.25) is 0 Å². The summed E-state index contributed by atoms with van der Waals surface area (Å²) < 4.78 is 60.0. The van der Waals surface area contributed by atoms with Gasteiger partial charge < -0.3 is 8.92 Å². The van der Waals surface area contributed by atoms with E-state index in [4.69, 9.17) is 20.5 Å². The van der Waals surface area contributed by atoms with Crippen LogP contribution in [0.2, 0.25) is 5.02 Å². The molecule has 8 nitrogen and oxygen atoms in total. The maximum absolute atomic E-state index is 12.5. The molecular formula is C21H19ClN2O6S2. The van der Waals surface area contributed by atoms with E-state index in [1.807, 2.05) is 6.92 Å². The number of aryl methyl sites for hydroxylation is 1. The van der Waals surface area contributed by atoms with Crippen molar-refractivity contribution in [3.8, 4) is 11.5 Å². The third-order valence-electron chi connectivity index (χ3n) is 4.19. The molecule has 0 aliphatic heterocycles. The molecular weight excluding hydrogens is 476 g/mol. The molecule has 0 aliphatic rings. The third kappa shape index (κ3) is 5.58. The van der Waals surface area contributed by atoms with Gasteiger partial charge in [-0.25, -0.2) is 4.83 Å². The van der Waals surface area contributed by atoms with Crippen molar-refractivity contribution in [3.63, 3.8) is 0 Å². The fraction of sp³-hybridized carbons (Fsp3) is 0.0952. The Bertz CT molecular complexity index is 1340. The minimum atomic E-state index is -4.14. The van der Waals surface area contributed by atoms with Gasteiger partial charge in [0, 0.05) is 0 Å². The summed E-state index contributed by atoms with van der Waals surface area (Å²) in [5, 5.41) is 3.68. The average Bonchev–Trinajstić information content (AvgIpc) is 2.76. The maximum Gasteiger partial charge on any atom is 0.339 e. The monoisotopic (exact) mass is 494 g/mol. The van der Waals surface area contributed by atoms with Gasteiger partial charge in [-0.2, -0.15) is 21.9 Å². The van der Waals surface area contributed by atoms with Gasteiger partial charge in [0.2, 0.25) is 5.75 Å². The van der Waals surface area contributed by atoms with Crippen molar-refractivity contribution in [1.29, 1.82) is 0 Å². The predicted molar refractivity (Wildman–Crippen MR) is 121 cm³/mol. The lowest BCUT2D eigenvalue weighted by Gasteiger charge is -2.13. The van der Waals surface area contributed by atoms with Crippen LogP contribution in [-0.2, 0) is 20.1 Å². The van der Waals surface area contributed by atoms with E-state index in [-0.39, 0.29) is 26.3 Å². The lowest BCUT2D eigenvalue weighted by atomic mass is 10.2. The number of methoxy groups -OCH3 is 1. The van der Waals surface area contributed by atoms with E-state index in [9.17, 15) is 16.8 Å². The molecule has 3 aromatic carbocycles. The van der Waals surface area contributed by atoms with Crippen molar-refractivity contribution in [3.05, 3.63) is 82.9 Å². The van der Waals surface area contributed by atoms with Crippen molar-refractivity contribution in [1.82, 2.24) is 4.83 Å². The van der Waals surface area contributed by atoms with Gasteiger partial charge in [0.1, 0.15) is 4.90 Å². The summed E-state index contributed by atoms with van der Waals surface area (Å²) in [5.74, 6) is -0.171. The minimum absolute atomic E-state index is 0.0276. The molecule has 0 amide bonds. The number of hydrazone groups is 1. The molecule has 0 fully saturated rings. The Labute approximate surface area is 191 Å². The van der Waals surface area contributed by atoms with Crippen molar-refractivity contribution >= 4 is 38.0 Å². The topological polar surface area (TPSA) is 111 Å². The van der Waals surface area contributed by atoms with E-state index in [0.717, 1.165) is 5.56 Å². The number of ether oxygens (including phenoxy) is 1. The van der Waals surface area contributed by atoms with Crippen molar-refractivity contribution in [2.75, 3.05) is 7.11 Å². The summed E-state index contributed by atoms with van der Waals surface area (Å²) in [6.07, 6.45) is 1.20. The Morgan fingerprint density at radius 1 is 0.938 bits per heavy atom. The number of nitrogens with one attached hydrogen (secondary N) is 1. The van der Waals surface area contributed by atoms with Crippen LogP contribution in [0.5, 0.6) is 11.5 Å². The van der Waals surface area contributed by atoms with Crippen LogP contribution in [0.15, 0.2) is 81.6 Å². The van der Waals surface area contributed by atoms with Gasteiger partial charge in [0.15, 0.2) is 5.75 Å². The molecule has 0 aliphatic carbocycles. The number of hydrogen-bond donors (Lipinski definition) is 1. The third-order valence-corrected chi connectivity index (χ3v) is 6.95. The molecule has 0 bridgehead atoms. The first-order valence-electron chi connectivity index (χ1n) is 9.11. The summed E-state index contributed by atoms with van der Waals surface area (Å²) in [6, 6.07) is 16.6. The molecule has 11 heteroatoms. The Morgan fingerprint density at radius 2 is 1.59 bits per heavy atom. The van der Waals surface area contributed by atoms with Gasteiger partial charge >= 0.3 is 10.1 Å². The number of hydrogen-bond acceptors (Lipinski definition) is 7. The van der Waals surface area contributed by atoms with Gasteiger partial charge in [-0.1, -0.05) is 47.5 Å². The first kappa shape index (κ1) is 23.6. The highest BCUT2D eigenvalue weighted by molar-refractivity contribution is 7.89. The molecule has 0 saturated heterocycles. The van der Waals surface area contributed by atoms with Gasteiger partial charge in [-0.15, -0.1) is 0 Å². The lowest BCUT2D eigenvalue weighted by molar-refractivity contribution is 0.390. The molecule has 0 saturated carbocycles. The fourth-order valence-electron chi connectivity index (χ4n) is 2.58. The highest BCUT2D eigenvalue weighted by atomic mass is 35.5. The summed E-state index contributed by atoms with van der Waals surface area (Å²) in [7, 11) is -6.68. The van der Waals surface area contributed by atoms with Gasteiger partial charge in [0.25, 0.3) is 10.0 Å². The van der Waals surface area contributed by atoms with Crippen LogP contribution < -0.4 is 13.8 Å². The van der Waals surface area contributed by atoms with Crippen LogP contribution in [0, 0.1) is 6.92 Å². The smallest absolute Gasteiger partial charge is 0.339 e. The molecule has 0 unspecified atom stereocenters. The lowest BCUT2D eigenvalue weighted by Crippen LogP contribution is -2.18. The molecule has 168 valence electrons. The van der Waals surface area contributed by atoms with E-state index in [1.165, 1.54) is 49.7 Å². The Kier molecular flexibility index (Phi) is 7.07. The second-order valence-electron chi connectivity index (χ2n) is 6.55. The summed E-state index contributed by atoms with van der Waals surface area (Å²) >= 11 is 6.22. The minimum Gasteiger partial charge on any atom is -0.493 e. The highest BCUT2D eigenvalue weighted by Crippen LogP contribution is 2.38. The molecule has 32 heavy (non-hydrogen) atoms. The average molecular weight is 495 g/mol. The standard InChI is InChI=1S/C21H19ClN2O6S2/c1-15-8-10-17(11-9-15)31(25,26)24-23-14-16-12-19(22)21(20(13-16)29-2)30-32(27,28)18-6-4-3-5-7-18/h3-14,24H,1-2H3/b23-14-. The molecule has 0 radical (unpaired) electrons. The summed E-state index contributed by atoms with van der Waals surface area (Å²) in [6.45, 7) is 1.84. The molecule has 0 heterocycles. The zero-order valence-corrected chi connectivity index (χ0v) is 19.4. The van der Waals surface area contributed by atoms with Gasteiger partial charge in [0.05, 0.1) is 23.2 Å². The fourth-order valence-corrected chi connectivity index (χ4v) is 4.65. The zero-order valence-electron chi connectivity index (χ0n) is 17.0. The van der Waals surface area contributed by atoms with E-state index in [2.05, 4.69) is 9.93 Å². The second kappa shape index (κ2) is 9.60. The first-order valence-corrected chi connectivity index (χ1v) is 12.4. The number of sulfonamides is 1. The molecule has 0 spiro atoms. The largest absolute Gasteiger partial charge is 0.493 e. The normalized spacial score (nSPS) is 12.0. The Hall–Kier alpha value is -3.08. The molecule has 3 rings (SSSR count). The Morgan fingerprint density at radius 3 is 2.22 bits per heavy atom. The van der Waals surface area contributed by atoms with Crippen molar-refractivity contribution in [2.45, 2.75) is 16.7 Å². The van der Waals surface area contributed by atoms with Crippen LogP contribution in [0.25, 0.3) is 0 Å². The van der Waals surface area contributed by atoms with E-state index >= 15 is 0 Å². The van der Waals surface area contributed by atoms with E-state index in [1.54, 1.807) is 30.3 Å². The summed E-state index contributed by atoms with van der Waals surface area (Å²) in [5.41, 5.74) is 1.27. The number of nitrogens with zero attached hydrogens (tertiary/aromatic N) is 1. The van der Waals surface area contributed by atoms with Crippen LogP contribution in [0.4, 0.5) is 0 Å². The van der Waals surface area contributed by atoms with Crippen LogP contribution in [0.3, 0.4) is 0 Å². The van der Waals surface area contributed by atoms with Crippen molar-refractivity contribution in [2.24, 2.45) is 5.10 Å². The molecule has 0 aromatic heterocycles. The maximum atomic E-state index is 12.5. The van der Waals surface area contributed by atoms with E-state index in [0.29, 0.717) is 5.56 Å². The summed E-state index contributed by atoms with van der Waals surface area (Å²) in [4.78, 5) is 2.12. The SMILES string of the molecule is COc1cc(/C=N\NS(=O)(=O)c2ccc(C)cc2)cc(Cl)c1OS(=O)(=O)c1ccccc1. The zero-order chi connectivity index (χ0) is 23.4. The van der Waals surface area contributed by atoms with Gasteiger partial charge in [-0.05, 0) is 48.9 Å². The Balaban J connectivity index is 1.82. The quantitative estimate of drug-likeness (QED) is 0.290. The van der Waals surface area contributed by atoms with Crippen LogP contribution in [-0.4, -0.2) is 30.2 Å². The van der Waals surface area contributed by atoms with E-state index < -0.39 is 20.1 Å². The molecule has 0 atom stereocenters. The number of halogens is 1. The number of benzene rings is 3. The van der Waals surface area contributed by atoms with Crippen LogP contribution >= 0.6 is 11.6 Å². The number of rotatable bonds is 8. The molecule has 3 aromatic rings. The first-order chi connectivity index (χ1) is 15.1.